The van der Waals surface area contributed by atoms with Crippen LogP contribution in [0.1, 0.15) is 28.4 Å². The summed E-state index contributed by atoms with van der Waals surface area (Å²) < 4.78 is 0. The maximum absolute atomic E-state index is 12.8. The van der Waals surface area contributed by atoms with Crippen molar-refractivity contribution in [2.75, 3.05) is 18.0 Å². The number of aryl methyl sites for hydroxylation is 2. The highest BCUT2D eigenvalue weighted by atomic mass is 16.2. The SMILES string of the molecule is Cc1cccc(C(=O)N2CCN(c3cccc(C)c3)C(=O)[C@@H]2C)c1. The maximum Gasteiger partial charge on any atom is 0.254 e. The molecule has 0 aliphatic carbocycles. The van der Waals surface area contributed by atoms with Crippen molar-refractivity contribution >= 4 is 17.5 Å². The Morgan fingerprint density at radius 3 is 2.33 bits per heavy atom. The predicted octanol–water partition coefficient (Wildman–Crippen LogP) is 3.18. The fourth-order valence-electron chi connectivity index (χ4n) is 3.14. The zero-order chi connectivity index (χ0) is 17.3. The Morgan fingerprint density at radius 1 is 1.00 bits per heavy atom. The average molecular weight is 322 g/mol. The van der Waals surface area contributed by atoms with Gasteiger partial charge in [0.1, 0.15) is 6.04 Å². The van der Waals surface area contributed by atoms with Gasteiger partial charge in [0.05, 0.1) is 0 Å². The zero-order valence-corrected chi connectivity index (χ0v) is 14.3. The van der Waals surface area contributed by atoms with E-state index in [1.54, 1.807) is 22.8 Å². The van der Waals surface area contributed by atoms with Crippen molar-refractivity contribution < 1.29 is 9.59 Å². The van der Waals surface area contributed by atoms with Crippen LogP contribution in [0, 0.1) is 13.8 Å². The first-order valence-corrected chi connectivity index (χ1v) is 8.23. The van der Waals surface area contributed by atoms with Crippen LogP contribution in [-0.2, 0) is 4.79 Å². The van der Waals surface area contributed by atoms with Gasteiger partial charge in [-0.2, -0.15) is 0 Å². The van der Waals surface area contributed by atoms with Crippen LogP contribution in [0.4, 0.5) is 5.69 Å². The third-order valence-electron chi connectivity index (χ3n) is 4.49. The van der Waals surface area contributed by atoms with E-state index >= 15 is 0 Å². The van der Waals surface area contributed by atoms with E-state index < -0.39 is 6.04 Å². The first-order valence-electron chi connectivity index (χ1n) is 8.23. The third-order valence-corrected chi connectivity index (χ3v) is 4.49. The van der Waals surface area contributed by atoms with Crippen molar-refractivity contribution in [1.82, 2.24) is 4.90 Å². The first kappa shape index (κ1) is 16.2. The molecule has 0 spiro atoms. The van der Waals surface area contributed by atoms with Crippen LogP contribution >= 0.6 is 0 Å². The first-order chi connectivity index (χ1) is 11.5. The molecule has 3 rings (SSSR count). The summed E-state index contributed by atoms with van der Waals surface area (Å²) in [6.45, 7) is 6.83. The van der Waals surface area contributed by atoms with Crippen molar-refractivity contribution in [3.63, 3.8) is 0 Å². The molecule has 1 atom stereocenters. The molecule has 4 heteroatoms. The molecule has 0 bridgehead atoms. The fraction of sp³-hybridized carbons (Fsp3) is 0.300. The molecule has 2 aromatic carbocycles. The number of benzene rings is 2. The minimum absolute atomic E-state index is 0.0344. The van der Waals surface area contributed by atoms with Crippen molar-refractivity contribution in [3.8, 4) is 0 Å². The Morgan fingerprint density at radius 2 is 1.67 bits per heavy atom. The monoisotopic (exact) mass is 322 g/mol. The number of nitrogens with zero attached hydrogens (tertiary/aromatic N) is 2. The molecule has 1 heterocycles. The summed E-state index contributed by atoms with van der Waals surface area (Å²) >= 11 is 0. The number of rotatable bonds is 2. The van der Waals surface area contributed by atoms with E-state index in [9.17, 15) is 9.59 Å². The van der Waals surface area contributed by atoms with Crippen molar-refractivity contribution in [2.24, 2.45) is 0 Å². The largest absolute Gasteiger partial charge is 0.325 e. The average Bonchev–Trinajstić information content (AvgIpc) is 2.56. The number of anilines is 1. The third kappa shape index (κ3) is 3.04. The Labute approximate surface area is 142 Å². The van der Waals surface area contributed by atoms with Crippen molar-refractivity contribution in [1.29, 1.82) is 0 Å². The molecule has 24 heavy (non-hydrogen) atoms. The molecule has 124 valence electrons. The lowest BCUT2D eigenvalue weighted by atomic mass is 10.1. The van der Waals surface area contributed by atoms with E-state index in [0.29, 0.717) is 18.7 Å². The summed E-state index contributed by atoms with van der Waals surface area (Å²) in [6, 6.07) is 14.9. The second kappa shape index (κ2) is 6.48. The van der Waals surface area contributed by atoms with Gasteiger partial charge in [0.2, 0.25) is 5.91 Å². The van der Waals surface area contributed by atoms with Gasteiger partial charge in [0.25, 0.3) is 5.91 Å². The quantitative estimate of drug-likeness (QED) is 0.852. The van der Waals surface area contributed by atoms with E-state index in [0.717, 1.165) is 16.8 Å². The number of carbonyl (C=O) groups excluding carboxylic acids is 2. The van der Waals surface area contributed by atoms with Gasteiger partial charge < -0.3 is 9.80 Å². The summed E-state index contributed by atoms with van der Waals surface area (Å²) in [5, 5.41) is 0. The second-order valence-corrected chi connectivity index (χ2v) is 6.37. The Hall–Kier alpha value is -2.62. The summed E-state index contributed by atoms with van der Waals surface area (Å²) in [7, 11) is 0. The van der Waals surface area contributed by atoms with Crippen LogP contribution in [0.15, 0.2) is 48.5 Å². The van der Waals surface area contributed by atoms with E-state index in [-0.39, 0.29) is 11.8 Å². The molecule has 1 saturated heterocycles. The van der Waals surface area contributed by atoms with Crippen LogP contribution in [-0.4, -0.2) is 35.8 Å². The molecule has 2 amide bonds. The van der Waals surface area contributed by atoms with Gasteiger partial charge in [-0.25, -0.2) is 0 Å². The van der Waals surface area contributed by atoms with Crippen molar-refractivity contribution in [2.45, 2.75) is 26.8 Å². The smallest absolute Gasteiger partial charge is 0.254 e. The van der Waals surface area contributed by atoms with Gasteiger partial charge in [-0.1, -0.05) is 29.8 Å². The molecular weight excluding hydrogens is 300 g/mol. The maximum atomic E-state index is 12.8. The minimum atomic E-state index is -0.465. The highest BCUT2D eigenvalue weighted by Crippen LogP contribution is 2.22. The van der Waals surface area contributed by atoms with E-state index in [1.807, 2.05) is 56.3 Å². The molecule has 0 saturated carbocycles. The highest BCUT2D eigenvalue weighted by molar-refractivity contribution is 6.03. The summed E-state index contributed by atoms with van der Waals surface area (Å²) in [5.74, 6) is -0.115. The molecule has 0 aromatic heterocycles. The Balaban J connectivity index is 1.81. The summed E-state index contributed by atoms with van der Waals surface area (Å²) in [4.78, 5) is 29.0. The molecule has 0 radical (unpaired) electrons. The Bertz CT molecular complexity index is 785. The molecule has 1 aliphatic heterocycles. The summed E-state index contributed by atoms with van der Waals surface area (Å²) in [5.41, 5.74) is 3.69. The standard InChI is InChI=1S/C20H22N2O2/c1-14-6-4-8-17(12-14)20(24)21-10-11-22(19(23)16(21)3)18-9-5-7-15(2)13-18/h4-9,12-13,16H,10-11H2,1-3H3/t16-/m0/s1. The number of piperazine rings is 1. The molecule has 4 nitrogen and oxygen atoms in total. The topological polar surface area (TPSA) is 40.6 Å². The van der Waals surface area contributed by atoms with Crippen LogP contribution in [0.5, 0.6) is 0 Å². The van der Waals surface area contributed by atoms with Gasteiger partial charge in [0, 0.05) is 24.3 Å². The van der Waals surface area contributed by atoms with E-state index in [1.165, 1.54) is 0 Å². The van der Waals surface area contributed by atoms with Crippen LogP contribution in [0.25, 0.3) is 0 Å². The zero-order valence-electron chi connectivity index (χ0n) is 14.3. The number of hydrogen-bond acceptors (Lipinski definition) is 2. The minimum Gasteiger partial charge on any atom is -0.325 e. The van der Waals surface area contributed by atoms with Crippen LogP contribution < -0.4 is 4.90 Å². The van der Waals surface area contributed by atoms with Gasteiger partial charge in [-0.3, -0.25) is 9.59 Å². The number of amides is 2. The lowest BCUT2D eigenvalue weighted by Crippen LogP contribution is -2.57. The highest BCUT2D eigenvalue weighted by Gasteiger charge is 2.35. The van der Waals surface area contributed by atoms with E-state index in [2.05, 4.69) is 0 Å². The van der Waals surface area contributed by atoms with Crippen molar-refractivity contribution in [3.05, 3.63) is 65.2 Å². The fourth-order valence-corrected chi connectivity index (χ4v) is 3.14. The number of hydrogen-bond donors (Lipinski definition) is 0. The molecule has 1 fully saturated rings. The van der Waals surface area contributed by atoms with Crippen LogP contribution in [0.2, 0.25) is 0 Å². The second-order valence-electron chi connectivity index (χ2n) is 6.37. The number of carbonyl (C=O) groups is 2. The normalized spacial score (nSPS) is 18.0. The molecule has 0 N–H and O–H groups in total. The van der Waals surface area contributed by atoms with Gasteiger partial charge in [-0.05, 0) is 50.6 Å². The van der Waals surface area contributed by atoms with E-state index in [4.69, 9.17) is 0 Å². The Kier molecular flexibility index (Phi) is 4.38. The van der Waals surface area contributed by atoms with Gasteiger partial charge in [-0.15, -0.1) is 0 Å². The molecule has 2 aromatic rings. The van der Waals surface area contributed by atoms with Crippen LogP contribution in [0.3, 0.4) is 0 Å². The van der Waals surface area contributed by atoms with Gasteiger partial charge >= 0.3 is 0 Å². The lowest BCUT2D eigenvalue weighted by molar-refractivity contribution is -0.124. The lowest BCUT2D eigenvalue weighted by Gasteiger charge is -2.39. The molecular formula is C20H22N2O2. The summed E-state index contributed by atoms with van der Waals surface area (Å²) in [6.07, 6.45) is 0. The van der Waals surface area contributed by atoms with Gasteiger partial charge in [0.15, 0.2) is 0 Å². The molecule has 0 unspecified atom stereocenters. The predicted molar refractivity (Wildman–Crippen MR) is 95.2 cm³/mol. The molecule has 1 aliphatic rings.